The fraction of sp³-hybridized carbons (Fsp3) is 0.400. The van der Waals surface area contributed by atoms with Crippen LogP contribution in [0.15, 0.2) is 30.3 Å². The number of nitrogens with one attached hydrogen (secondary N) is 1. The molecule has 21 heavy (non-hydrogen) atoms. The third-order valence-corrected chi connectivity index (χ3v) is 3.37. The molecule has 1 aromatic carbocycles. The van der Waals surface area contributed by atoms with Crippen molar-refractivity contribution in [3.8, 4) is 0 Å². The Hall–Kier alpha value is -2.21. The summed E-state index contributed by atoms with van der Waals surface area (Å²) < 4.78 is 0. The molecule has 1 atom stereocenters. The average Bonchev–Trinajstić information content (AvgIpc) is 2.43. The number of rotatable bonds is 6. The maximum Gasteiger partial charge on any atom is 0.270 e. The summed E-state index contributed by atoms with van der Waals surface area (Å²) in [5.74, 6) is -0.346. The predicted octanol–water partition coefficient (Wildman–Crippen LogP) is 2.13. The summed E-state index contributed by atoms with van der Waals surface area (Å²) in [6.45, 7) is 5.53. The molecule has 0 radical (unpaired) electrons. The van der Waals surface area contributed by atoms with Crippen molar-refractivity contribution >= 4 is 17.7 Å². The van der Waals surface area contributed by atoms with E-state index in [2.05, 4.69) is 5.32 Å². The Morgan fingerprint density at radius 3 is 2.76 bits per heavy atom. The quantitative estimate of drug-likeness (QED) is 0.477. The Morgan fingerprint density at radius 2 is 2.19 bits per heavy atom. The molecule has 6 nitrogen and oxygen atoms in total. The highest BCUT2D eigenvalue weighted by molar-refractivity contribution is 5.91. The number of carbonyl (C=O) groups excluding carboxylic acids is 1. The minimum Gasteiger partial charge on any atom is -0.388 e. The van der Waals surface area contributed by atoms with Crippen LogP contribution in [0.1, 0.15) is 26.3 Å². The van der Waals surface area contributed by atoms with Crippen LogP contribution in [0.25, 0.3) is 6.08 Å². The van der Waals surface area contributed by atoms with Gasteiger partial charge in [-0.05, 0) is 24.5 Å². The summed E-state index contributed by atoms with van der Waals surface area (Å²) in [7, 11) is 0. The second-order valence-electron chi connectivity index (χ2n) is 5.42. The van der Waals surface area contributed by atoms with Crippen LogP contribution in [-0.4, -0.2) is 28.1 Å². The van der Waals surface area contributed by atoms with Gasteiger partial charge in [0.2, 0.25) is 5.91 Å². The zero-order chi connectivity index (χ0) is 16.0. The number of nitro groups is 1. The van der Waals surface area contributed by atoms with E-state index in [-0.39, 0.29) is 24.1 Å². The van der Waals surface area contributed by atoms with E-state index < -0.39 is 10.5 Å². The average molecular weight is 292 g/mol. The minimum atomic E-state index is -0.977. The van der Waals surface area contributed by atoms with E-state index in [0.29, 0.717) is 5.56 Å². The van der Waals surface area contributed by atoms with Crippen LogP contribution in [0, 0.1) is 16.0 Å². The van der Waals surface area contributed by atoms with Gasteiger partial charge in [0.1, 0.15) is 0 Å². The van der Waals surface area contributed by atoms with E-state index in [4.69, 9.17) is 0 Å². The number of amides is 1. The fourth-order valence-corrected chi connectivity index (χ4v) is 1.44. The summed E-state index contributed by atoms with van der Waals surface area (Å²) >= 11 is 0. The molecule has 0 heterocycles. The van der Waals surface area contributed by atoms with Gasteiger partial charge in [0, 0.05) is 24.8 Å². The number of hydrogen-bond donors (Lipinski definition) is 2. The summed E-state index contributed by atoms with van der Waals surface area (Å²) in [6.07, 6.45) is 2.78. The third kappa shape index (κ3) is 5.35. The molecule has 0 saturated heterocycles. The lowest BCUT2D eigenvalue weighted by molar-refractivity contribution is -0.384. The molecule has 1 amide bonds. The van der Waals surface area contributed by atoms with Crippen molar-refractivity contribution in [1.29, 1.82) is 0 Å². The van der Waals surface area contributed by atoms with Gasteiger partial charge in [-0.2, -0.15) is 0 Å². The Balaban J connectivity index is 2.62. The van der Waals surface area contributed by atoms with Crippen molar-refractivity contribution in [3.63, 3.8) is 0 Å². The van der Waals surface area contributed by atoms with Gasteiger partial charge in [-0.25, -0.2) is 0 Å². The molecular weight excluding hydrogens is 272 g/mol. The highest BCUT2D eigenvalue weighted by Crippen LogP contribution is 2.15. The molecule has 2 N–H and O–H groups in total. The molecule has 1 rings (SSSR count). The first-order valence-corrected chi connectivity index (χ1v) is 6.65. The number of non-ortho nitro benzene ring substituents is 1. The van der Waals surface area contributed by atoms with Crippen molar-refractivity contribution in [1.82, 2.24) is 5.32 Å². The van der Waals surface area contributed by atoms with E-state index in [1.54, 1.807) is 19.1 Å². The van der Waals surface area contributed by atoms with Crippen LogP contribution in [0.3, 0.4) is 0 Å². The molecule has 0 fully saturated rings. The smallest absolute Gasteiger partial charge is 0.270 e. The molecule has 0 aliphatic rings. The summed E-state index contributed by atoms with van der Waals surface area (Å²) in [5.41, 5.74) is -0.440. The molecule has 0 aliphatic carbocycles. The van der Waals surface area contributed by atoms with Crippen LogP contribution in [0.5, 0.6) is 0 Å². The number of aliphatic hydroxyl groups is 1. The van der Waals surface area contributed by atoms with E-state index in [1.807, 2.05) is 13.8 Å². The number of nitro benzene ring substituents is 1. The lowest BCUT2D eigenvalue weighted by atomic mass is 9.92. The van der Waals surface area contributed by atoms with E-state index >= 15 is 0 Å². The number of nitrogens with zero attached hydrogens (tertiary/aromatic N) is 1. The maximum atomic E-state index is 11.7. The molecule has 6 heteroatoms. The van der Waals surface area contributed by atoms with Gasteiger partial charge in [0.05, 0.1) is 10.5 Å². The summed E-state index contributed by atoms with van der Waals surface area (Å²) in [4.78, 5) is 21.8. The van der Waals surface area contributed by atoms with Gasteiger partial charge in [0.25, 0.3) is 5.69 Å². The predicted molar refractivity (Wildman–Crippen MR) is 80.6 cm³/mol. The largest absolute Gasteiger partial charge is 0.388 e. The maximum absolute atomic E-state index is 11.7. The van der Waals surface area contributed by atoms with Crippen molar-refractivity contribution < 1.29 is 14.8 Å². The Labute approximate surface area is 123 Å². The molecule has 0 aliphatic heterocycles. The molecule has 1 aromatic rings. The second kappa shape index (κ2) is 6.99. The Kier molecular flexibility index (Phi) is 5.60. The van der Waals surface area contributed by atoms with Crippen molar-refractivity contribution in [3.05, 3.63) is 46.0 Å². The molecule has 0 unspecified atom stereocenters. The van der Waals surface area contributed by atoms with Gasteiger partial charge in [0.15, 0.2) is 0 Å². The van der Waals surface area contributed by atoms with E-state index in [1.165, 1.54) is 24.3 Å². The molecule has 0 bridgehead atoms. The first-order chi connectivity index (χ1) is 9.72. The highest BCUT2D eigenvalue weighted by Gasteiger charge is 2.24. The van der Waals surface area contributed by atoms with E-state index in [9.17, 15) is 20.0 Å². The first-order valence-electron chi connectivity index (χ1n) is 6.65. The topological polar surface area (TPSA) is 92.5 Å². The molecule has 114 valence electrons. The minimum absolute atomic E-state index is 0.0125. The van der Waals surface area contributed by atoms with Gasteiger partial charge in [-0.1, -0.05) is 26.0 Å². The molecule has 0 aromatic heterocycles. The highest BCUT2D eigenvalue weighted by atomic mass is 16.6. The van der Waals surface area contributed by atoms with Crippen LogP contribution in [0.2, 0.25) is 0 Å². The van der Waals surface area contributed by atoms with Crippen LogP contribution < -0.4 is 5.32 Å². The SMILES string of the molecule is CC(C)[C@](C)(O)CNC(=O)/C=C/c1cccc([N+](=O)[O-])c1. The lowest BCUT2D eigenvalue weighted by Crippen LogP contribution is -2.43. The zero-order valence-corrected chi connectivity index (χ0v) is 12.4. The fourth-order valence-electron chi connectivity index (χ4n) is 1.44. The van der Waals surface area contributed by atoms with Crippen molar-refractivity contribution in [2.75, 3.05) is 6.54 Å². The van der Waals surface area contributed by atoms with Crippen LogP contribution in [0.4, 0.5) is 5.69 Å². The van der Waals surface area contributed by atoms with Crippen molar-refractivity contribution in [2.24, 2.45) is 5.92 Å². The Bertz CT molecular complexity index is 550. The van der Waals surface area contributed by atoms with Gasteiger partial charge in [-0.15, -0.1) is 0 Å². The van der Waals surface area contributed by atoms with Gasteiger partial charge >= 0.3 is 0 Å². The first kappa shape index (κ1) is 16.8. The second-order valence-corrected chi connectivity index (χ2v) is 5.42. The van der Waals surface area contributed by atoms with Crippen molar-refractivity contribution in [2.45, 2.75) is 26.4 Å². The number of hydrogen-bond acceptors (Lipinski definition) is 4. The summed E-state index contributed by atoms with van der Waals surface area (Å²) in [5, 5.41) is 23.3. The summed E-state index contributed by atoms with van der Waals surface area (Å²) in [6, 6.07) is 5.99. The normalized spacial score (nSPS) is 14.1. The van der Waals surface area contributed by atoms with E-state index in [0.717, 1.165) is 0 Å². The molecule has 0 saturated carbocycles. The van der Waals surface area contributed by atoms with Gasteiger partial charge in [-0.3, -0.25) is 14.9 Å². The lowest BCUT2D eigenvalue weighted by Gasteiger charge is -2.27. The van der Waals surface area contributed by atoms with Crippen LogP contribution >= 0.6 is 0 Å². The standard InChI is InChI=1S/C15H20N2O4/c1-11(2)15(3,19)10-16-14(18)8-7-12-5-4-6-13(9-12)17(20)21/h4-9,11,19H,10H2,1-3H3,(H,16,18)/b8-7+/t15-/m1/s1. The number of benzene rings is 1. The Morgan fingerprint density at radius 1 is 1.52 bits per heavy atom. The molecule has 0 spiro atoms. The molecular formula is C15H20N2O4. The number of carbonyl (C=O) groups is 1. The van der Waals surface area contributed by atoms with Gasteiger partial charge < -0.3 is 10.4 Å². The van der Waals surface area contributed by atoms with Crippen LogP contribution in [-0.2, 0) is 4.79 Å². The zero-order valence-electron chi connectivity index (χ0n) is 12.4. The monoisotopic (exact) mass is 292 g/mol. The third-order valence-electron chi connectivity index (χ3n) is 3.37.